The molecule has 3 unspecified atom stereocenters. The molecule has 0 bridgehead atoms. The highest BCUT2D eigenvalue weighted by Gasteiger charge is 2.49. The highest BCUT2D eigenvalue weighted by Crippen LogP contribution is 2.37. The number of fused-ring (bicyclic) bond motifs is 3. The lowest BCUT2D eigenvalue weighted by Gasteiger charge is -2.45. The van der Waals surface area contributed by atoms with E-state index in [0.29, 0.717) is 22.9 Å². The number of halogens is 1. The lowest BCUT2D eigenvalue weighted by Crippen LogP contribution is -2.65. The number of furan rings is 1. The summed E-state index contributed by atoms with van der Waals surface area (Å²) in [6.45, 7) is 4.16. The zero-order valence-electron chi connectivity index (χ0n) is 17.7. The Kier molecular flexibility index (Phi) is 4.64. The van der Waals surface area contributed by atoms with Crippen molar-refractivity contribution < 1.29 is 18.4 Å². The van der Waals surface area contributed by atoms with Gasteiger partial charge in [-0.2, -0.15) is 0 Å². The number of hydrogen-bond acceptors (Lipinski definition) is 3. The van der Waals surface area contributed by atoms with Gasteiger partial charge in [-0.1, -0.05) is 25.8 Å². The Balaban J connectivity index is 1.60. The first-order valence-electron chi connectivity index (χ1n) is 10.9. The van der Waals surface area contributed by atoms with Crippen LogP contribution in [0.5, 0.6) is 0 Å². The average molecular weight is 423 g/mol. The van der Waals surface area contributed by atoms with Gasteiger partial charge in [0.25, 0.3) is 5.91 Å². The first kappa shape index (κ1) is 19.8. The molecule has 6 nitrogen and oxygen atoms in total. The van der Waals surface area contributed by atoms with Crippen molar-refractivity contribution in [1.82, 2.24) is 9.88 Å². The fourth-order valence-corrected chi connectivity index (χ4v) is 5.09. The number of hydrogen-bond donors (Lipinski definition) is 1. The molecule has 1 N–H and O–H groups in total. The van der Waals surface area contributed by atoms with Crippen LogP contribution in [0, 0.1) is 11.7 Å². The van der Waals surface area contributed by atoms with E-state index in [-0.39, 0.29) is 24.4 Å². The van der Waals surface area contributed by atoms with Gasteiger partial charge in [-0.15, -0.1) is 0 Å². The average Bonchev–Trinajstić information content (AvgIpc) is 3.32. The topological polar surface area (TPSA) is 67.5 Å². The first-order chi connectivity index (χ1) is 14.9. The van der Waals surface area contributed by atoms with Gasteiger partial charge in [0.1, 0.15) is 17.1 Å². The van der Waals surface area contributed by atoms with E-state index in [1.807, 2.05) is 4.57 Å². The minimum Gasteiger partial charge on any atom is -0.463 e. The van der Waals surface area contributed by atoms with Crippen LogP contribution >= 0.6 is 0 Å². The summed E-state index contributed by atoms with van der Waals surface area (Å²) < 4.78 is 21.4. The molecule has 1 aromatic carbocycles. The second-order valence-electron chi connectivity index (χ2n) is 9.02. The maximum absolute atomic E-state index is 14.1. The Morgan fingerprint density at radius 3 is 2.81 bits per heavy atom. The molecule has 1 saturated carbocycles. The van der Waals surface area contributed by atoms with Gasteiger partial charge in [0, 0.05) is 23.9 Å². The number of benzene rings is 1. The van der Waals surface area contributed by atoms with Crippen molar-refractivity contribution in [3.05, 3.63) is 54.2 Å². The first-order valence-corrected chi connectivity index (χ1v) is 10.9. The van der Waals surface area contributed by atoms with Crippen molar-refractivity contribution in [1.29, 1.82) is 0 Å². The van der Waals surface area contributed by atoms with Crippen LogP contribution < -0.4 is 10.2 Å². The molecular formula is C24H26FN3O3. The van der Waals surface area contributed by atoms with Crippen LogP contribution in [0.3, 0.4) is 0 Å². The van der Waals surface area contributed by atoms with Crippen molar-refractivity contribution in [3.8, 4) is 0 Å². The zero-order chi connectivity index (χ0) is 21.8. The van der Waals surface area contributed by atoms with E-state index in [0.717, 1.165) is 24.8 Å². The third kappa shape index (κ3) is 3.14. The summed E-state index contributed by atoms with van der Waals surface area (Å²) in [6, 6.07) is 9.40. The highest BCUT2D eigenvalue weighted by atomic mass is 19.1. The summed E-state index contributed by atoms with van der Waals surface area (Å²) >= 11 is 0. The molecule has 0 saturated heterocycles. The molecule has 3 atom stereocenters. The van der Waals surface area contributed by atoms with Crippen LogP contribution in [0.25, 0.3) is 11.1 Å². The van der Waals surface area contributed by atoms with Crippen molar-refractivity contribution >= 4 is 28.6 Å². The maximum atomic E-state index is 14.1. The normalized spacial score (nSPS) is 26.2. The third-order valence-electron chi connectivity index (χ3n) is 6.89. The third-order valence-corrected chi connectivity index (χ3v) is 6.89. The number of nitrogens with one attached hydrogen (secondary N) is 1. The molecule has 2 aromatic heterocycles. The van der Waals surface area contributed by atoms with Crippen LogP contribution in [0.4, 0.5) is 10.1 Å². The van der Waals surface area contributed by atoms with Gasteiger partial charge in [-0.05, 0) is 43.9 Å². The van der Waals surface area contributed by atoms with E-state index in [4.69, 9.17) is 4.42 Å². The number of anilines is 1. The minimum atomic E-state index is -1.22. The Labute approximate surface area is 180 Å². The molecule has 7 heteroatoms. The number of nitrogens with zero attached hydrogens (tertiary/aromatic N) is 2. The molecule has 2 aliphatic rings. The second-order valence-corrected chi connectivity index (χ2v) is 9.02. The van der Waals surface area contributed by atoms with Crippen LogP contribution in [0.1, 0.15) is 50.0 Å². The predicted molar refractivity (Wildman–Crippen MR) is 115 cm³/mol. The van der Waals surface area contributed by atoms with Gasteiger partial charge in [0.2, 0.25) is 5.91 Å². The summed E-state index contributed by atoms with van der Waals surface area (Å²) in [5.74, 6) is -0.646. The zero-order valence-corrected chi connectivity index (χ0v) is 17.7. The van der Waals surface area contributed by atoms with Crippen LogP contribution in [-0.2, 0) is 11.3 Å². The standard InChI is InChI=1S/C24H26FN3O3/c1-15-6-3-4-9-18(15)26-23(30)24(2)14-27-19-10-11-31-21(19)13-20(27)22(29)28(24)17-8-5-7-16(25)12-17/h5,7-8,10-13,15,18H,3-4,6,9,14H2,1-2H3,(H,26,30). The largest absolute Gasteiger partial charge is 0.463 e. The van der Waals surface area contributed by atoms with Gasteiger partial charge in [0.05, 0.1) is 18.3 Å². The molecule has 2 amide bonds. The molecule has 3 heterocycles. The highest BCUT2D eigenvalue weighted by molar-refractivity contribution is 6.13. The van der Waals surface area contributed by atoms with Crippen LogP contribution in [0.15, 0.2) is 47.1 Å². The van der Waals surface area contributed by atoms with Crippen molar-refractivity contribution in [3.63, 3.8) is 0 Å². The molecule has 1 aliphatic heterocycles. The van der Waals surface area contributed by atoms with Crippen molar-refractivity contribution in [2.24, 2.45) is 5.92 Å². The lowest BCUT2D eigenvalue weighted by molar-refractivity contribution is -0.127. The quantitative estimate of drug-likeness (QED) is 0.675. The van der Waals surface area contributed by atoms with Gasteiger partial charge in [-0.25, -0.2) is 4.39 Å². The van der Waals surface area contributed by atoms with Gasteiger partial charge < -0.3 is 14.3 Å². The van der Waals surface area contributed by atoms with Crippen molar-refractivity contribution in [2.45, 2.75) is 57.7 Å². The van der Waals surface area contributed by atoms with E-state index >= 15 is 0 Å². The Morgan fingerprint density at radius 1 is 1.23 bits per heavy atom. The van der Waals surface area contributed by atoms with E-state index in [1.54, 1.807) is 37.5 Å². The number of carbonyl (C=O) groups is 2. The smallest absolute Gasteiger partial charge is 0.276 e. The Morgan fingerprint density at radius 2 is 2.03 bits per heavy atom. The molecule has 1 fully saturated rings. The Hall–Kier alpha value is -3.09. The summed E-state index contributed by atoms with van der Waals surface area (Å²) in [6.07, 6.45) is 5.82. The van der Waals surface area contributed by atoms with E-state index in [1.165, 1.54) is 23.5 Å². The summed E-state index contributed by atoms with van der Waals surface area (Å²) in [4.78, 5) is 28.8. The molecular weight excluding hydrogens is 397 g/mol. The van der Waals surface area contributed by atoms with Gasteiger partial charge in [-0.3, -0.25) is 14.5 Å². The summed E-state index contributed by atoms with van der Waals surface area (Å²) in [7, 11) is 0. The second kappa shape index (κ2) is 7.25. The molecule has 5 rings (SSSR count). The van der Waals surface area contributed by atoms with Crippen molar-refractivity contribution in [2.75, 3.05) is 4.90 Å². The fourth-order valence-electron chi connectivity index (χ4n) is 5.09. The summed E-state index contributed by atoms with van der Waals surface area (Å²) in [5.41, 5.74) is 0.928. The number of amides is 2. The molecule has 31 heavy (non-hydrogen) atoms. The Bertz CT molecular complexity index is 1170. The van der Waals surface area contributed by atoms with Crippen LogP contribution in [-0.4, -0.2) is 28.0 Å². The molecule has 3 aromatic rings. The number of carbonyl (C=O) groups excluding carboxylic acids is 2. The number of rotatable bonds is 3. The molecule has 0 spiro atoms. The predicted octanol–water partition coefficient (Wildman–Crippen LogP) is 4.49. The molecule has 0 radical (unpaired) electrons. The monoisotopic (exact) mass is 423 g/mol. The lowest BCUT2D eigenvalue weighted by atomic mass is 9.85. The van der Waals surface area contributed by atoms with Gasteiger partial charge in [0.15, 0.2) is 5.58 Å². The van der Waals surface area contributed by atoms with Crippen LogP contribution in [0.2, 0.25) is 0 Å². The molecule has 1 aliphatic carbocycles. The number of aromatic nitrogens is 1. The fraction of sp³-hybridized carbons (Fsp3) is 0.417. The minimum absolute atomic E-state index is 0.0718. The van der Waals surface area contributed by atoms with E-state index in [9.17, 15) is 14.0 Å². The maximum Gasteiger partial charge on any atom is 0.276 e. The summed E-state index contributed by atoms with van der Waals surface area (Å²) in [5, 5.41) is 3.22. The SMILES string of the molecule is CC1CCCCC1NC(=O)C1(C)Cn2c(cc3occc32)C(=O)N1c1cccc(F)c1. The van der Waals surface area contributed by atoms with E-state index in [2.05, 4.69) is 12.2 Å². The molecule has 162 valence electrons. The van der Waals surface area contributed by atoms with Gasteiger partial charge >= 0.3 is 0 Å². The van der Waals surface area contributed by atoms with E-state index < -0.39 is 11.4 Å².